The van der Waals surface area contributed by atoms with Gasteiger partial charge in [0, 0.05) is 25.7 Å². The molecule has 2 heterocycles. The first-order valence-electron chi connectivity index (χ1n) is 13.4. The van der Waals surface area contributed by atoms with Crippen LogP contribution in [0.15, 0.2) is 53.4 Å². The van der Waals surface area contributed by atoms with Gasteiger partial charge in [-0.25, -0.2) is 0 Å². The Balaban J connectivity index is 1.59. The van der Waals surface area contributed by atoms with Crippen molar-refractivity contribution in [1.29, 1.82) is 0 Å². The van der Waals surface area contributed by atoms with E-state index < -0.39 is 22.0 Å². The Kier molecular flexibility index (Phi) is 9.78. The second-order valence-electron chi connectivity index (χ2n) is 11.1. The van der Waals surface area contributed by atoms with Gasteiger partial charge in [0.05, 0.1) is 33.8 Å². The molecule has 2 unspecified atom stereocenters. The molecule has 0 saturated carbocycles. The van der Waals surface area contributed by atoms with Crippen molar-refractivity contribution in [2.24, 2.45) is 11.7 Å². The van der Waals surface area contributed by atoms with Gasteiger partial charge in [-0.1, -0.05) is 61.3 Å². The molecule has 7 nitrogen and oxygen atoms in total. The number of halogens is 2. The number of benzene rings is 2. The number of hydrogen-bond acceptors (Lipinski definition) is 5. The Labute approximate surface area is 242 Å². The number of nitrogens with zero attached hydrogens (tertiary/aromatic N) is 2. The van der Waals surface area contributed by atoms with Gasteiger partial charge in [0.25, 0.3) is 0 Å². The van der Waals surface area contributed by atoms with Crippen LogP contribution in [0.2, 0.25) is 10.0 Å². The highest BCUT2D eigenvalue weighted by molar-refractivity contribution is 8.06. The summed E-state index contributed by atoms with van der Waals surface area (Å²) in [6, 6.07) is 13.2. The van der Waals surface area contributed by atoms with Crippen molar-refractivity contribution in [2.75, 3.05) is 19.3 Å². The Morgan fingerprint density at radius 3 is 2.59 bits per heavy atom. The maximum absolute atomic E-state index is 14.0. The van der Waals surface area contributed by atoms with Crippen molar-refractivity contribution in [3.63, 3.8) is 0 Å². The zero-order valence-corrected chi connectivity index (χ0v) is 25.0. The molecule has 2 fully saturated rings. The van der Waals surface area contributed by atoms with Crippen LogP contribution in [0.25, 0.3) is 0 Å². The lowest BCUT2D eigenvalue weighted by atomic mass is 10.00. The molecule has 4 rings (SSSR count). The first-order valence-corrected chi connectivity index (χ1v) is 16.2. The molecule has 39 heavy (non-hydrogen) atoms. The third-order valence-electron chi connectivity index (χ3n) is 7.48. The van der Waals surface area contributed by atoms with E-state index in [1.807, 2.05) is 55.6 Å². The first kappa shape index (κ1) is 30.0. The number of nitrogens with one attached hydrogen (secondary N) is 1. The second-order valence-corrected chi connectivity index (χ2v) is 14.4. The maximum Gasteiger partial charge on any atom is 0.243 e. The molecule has 2 aromatic carbocycles. The molecule has 0 bridgehead atoms. The number of carbonyl (C=O) groups is 2. The second kappa shape index (κ2) is 12.7. The van der Waals surface area contributed by atoms with Crippen LogP contribution in [0.5, 0.6) is 0 Å². The normalized spacial score (nSPS) is 24.2. The van der Waals surface area contributed by atoms with Gasteiger partial charge in [0.2, 0.25) is 11.8 Å². The Bertz CT molecular complexity index is 1240. The standard InChI is InChI=1S/C29H38Cl2N4O3S/c1-19(2)13-26(28(36)33-16-20-9-10-24(30)25(31)14-20)34-12-11-22(35-17-21(32)15-27(35)29(34)37)18-39(3,38)23-7-5-4-6-8-23/h4-10,14,18-19,21-22,26-27H,11-13,15-17,32H2,1-3H3,(H-,33,36,38)/t21-,22?,26-,27+,39?/m1/s1. The number of hydrogen-bond donors (Lipinski definition) is 2. The monoisotopic (exact) mass is 592 g/mol. The van der Waals surface area contributed by atoms with Gasteiger partial charge >= 0.3 is 0 Å². The van der Waals surface area contributed by atoms with Crippen molar-refractivity contribution in [1.82, 2.24) is 15.1 Å². The molecule has 0 aliphatic carbocycles. The van der Waals surface area contributed by atoms with Crippen LogP contribution in [0.4, 0.5) is 0 Å². The Morgan fingerprint density at radius 1 is 1.21 bits per heavy atom. The molecular formula is C29H38Cl2N4O3S. The quantitative estimate of drug-likeness (QED) is 0.358. The highest BCUT2D eigenvalue weighted by Crippen LogP contribution is 2.29. The fourth-order valence-electron chi connectivity index (χ4n) is 5.55. The summed E-state index contributed by atoms with van der Waals surface area (Å²) in [5.74, 6) is -0.0991. The van der Waals surface area contributed by atoms with Crippen LogP contribution in [0.1, 0.15) is 38.7 Å². The van der Waals surface area contributed by atoms with Gasteiger partial charge in [0.15, 0.2) is 0 Å². The van der Waals surface area contributed by atoms with Crippen LogP contribution in [-0.4, -0.2) is 75.0 Å². The predicted octanol–water partition coefficient (Wildman–Crippen LogP) is 3.80. The average Bonchev–Trinajstić information content (AvgIpc) is 3.24. The Morgan fingerprint density at radius 2 is 1.92 bits per heavy atom. The molecule has 2 amide bonds. The summed E-state index contributed by atoms with van der Waals surface area (Å²) in [4.78, 5) is 32.1. The van der Waals surface area contributed by atoms with Gasteiger partial charge in [-0.05, 0) is 55.0 Å². The number of carbonyl (C=O) groups excluding carboxylic acids is 2. The minimum absolute atomic E-state index is 0.0866. The zero-order chi connectivity index (χ0) is 28.3. The highest BCUT2D eigenvalue weighted by atomic mass is 35.5. The molecule has 2 aliphatic rings. The summed E-state index contributed by atoms with van der Waals surface area (Å²) >= 11 is 12.2. The summed E-state index contributed by atoms with van der Waals surface area (Å²) in [5, 5.41) is 5.77. The van der Waals surface area contributed by atoms with E-state index in [1.54, 1.807) is 23.3 Å². The third-order valence-corrected chi connectivity index (χ3v) is 10.3. The van der Waals surface area contributed by atoms with E-state index in [0.717, 1.165) is 10.5 Å². The summed E-state index contributed by atoms with van der Waals surface area (Å²) in [7, 11) is -2.46. The van der Waals surface area contributed by atoms with E-state index in [-0.39, 0.29) is 36.4 Å². The minimum atomic E-state index is -2.46. The van der Waals surface area contributed by atoms with Gasteiger partial charge < -0.3 is 20.5 Å². The lowest BCUT2D eigenvalue weighted by molar-refractivity contribution is -0.143. The third kappa shape index (κ3) is 7.23. The van der Waals surface area contributed by atoms with Gasteiger partial charge in [-0.15, -0.1) is 9.90 Å². The van der Waals surface area contributed by atoms with Crippen molar-refractivity contribution >= 4 is 50.3 Å². The fraction of sp³-hybridized carbons (Fsp3) is 0.483. The first-order chi connectivity index (χ1) is 18.5. The van der Waals surface area contributed by atoms with Gasteiger partial charge in [-0.3, -0.25) is 14.5 Å². The number of fused-ring (bicyclic) bond motifs is 1. The number of amides is 2. The summed E-state index contributed by atoms with van der Waals surface area (Å²) in [6.45, 7) is 5.31. The summed E-state index contributed by atoms with van der Waals surface area (Å²) in [5.41, 5.74) is 7.17. The Hall–Kier alpha value is -1.94. The largest absolute Gasteiger partial charge is 0.645 e. The predicted molar refractivity (Wildman–Crippen MR) is 160 cm³/mol. The van der Waals surface area contributed by atoms with E-state index in [1.165, 1.54) is 0 Å². The lowest BCUT2D eigenvalue weighted by Crippen LogP contribution is -2.53. The maximum atomic E-state index is 14.0. The van der Waals surface area contributed by atoms with Gasteiger partial charge in [0.1, 0.15) is 10.9 Å². The molecule has 10 heteroatoms. The molecule has 5 atom stereocenters. The van der Waals surface area contributed by atoms with Crippen LogP contribution in [-0.2, 0) is 26.0 Å². The van der Waals surface area contributed by atoms with Gasteiger partial charge in [-0.2, -0.15) is 0 Å². The van der Waals surface area contributed by atoms with Crippen molar-refractivity contribution < 1.29 is 14.1 Å². The zero-order valence-electron chi connectivity index (χ0n) is 22.7. The SMILES string of the molecule is CC(C)C[C@H](C(=O)NCc1ccc(Cl)c(Cl)c1)N1CCC(C=[S+](C)([O-])c2ccccc2)N2C[C@H](N)C[C@H]2C1=O. The average molecular weight is 594 g/mol. The van der Waals surface area contributed by atoms with Crippen molar-refractivity contribution in [3.8, 4) is 0 Å². The van der Waals surface area contributed by atoms with E-state index in [4.69, 9.17) is 28.9 Å². The molecule has 0 radical (unpaired) electrons. The molecule has 212 valence electrons. The van der Waals surface area contributed by atoms with Crippen LogP contribution in [0, 0.1) is 5.92 Å². The molecule has 2 saturated heterocycles. The number of nitrogens with two attached hydrogens (primary N) is 1. The summed E-state index contributed by atoms with van der Waals surface area (Å²) in [6.07, 6.45) is 3.35. The smallest absolute Gasteiger partial charge is 0.243 e. The van der Waals surface area contributed by atoms with E-state index in [9.17, 15) is 14.1 Å². The van der Waals surface area contributed by atoms with Crippen molar-refractivity contribution in [3.05, 3.63) is 64.1 Å². The molecule has 2 aliphatic heterocycles. The van der Waals surface area contributed by atoms with E-state index in [0.29, 0.717) is 42.4 Å². The van der Waals surface area contributed by atoms with Crippen LogP contribution >= 0.6 is 23.2 Å². The number of rotatable bonds is 8. The molecule has 0 aromatic heterocycles. The highest BCUT2D eigenvalue weighted by Gasteiger charge is 2.46. The van der Waals surface area contributed by atoms with Crippen LogP contribution < -0.4 is 11.1 Å². The molecular weight excluding hydrogens is 555 g/mol. The van der Waals surface area contributed by atoms with E-state index in [2.05, 4.69) is 10.2 Å². The molecule has 0 spiro atoms. The summed E-state index contributed by atoms with van der Waals surface area (Å²) < 4.78 is 13.8. The lowest BCUT2D eigenvalue weighted by Gasteiger charge is -2.33. The topological polar surface area (TPSA) is 102 Å². The molecule has 3 N–H and O–H groups in total. The fourth-order valence-corrected chi connectivity index (χ4v) is 7.61. The molecule has 2 aromatic rings. The minimum Gasteiger partial charge on any atom is -0.645 e. The van der Waals surface area contributed by atoms with Crippen LogP contribution in [0.3, 0.4) is 0 Å². The van der Waals surface area contributed by atoms with Crippen molar-refractivity contribution in [2.45, 2.75) is 68.7 Å². The van der Waals surface area contributed by atoms with E-state index >= 15 is 0 Å².